The number of nitrogens with zero attached hydrogens (tertiary/aromatic N) is 6. The van der Waals surface area contributed by atoms with Gasteiger partial charge in [0.25, 0.3) is 11.9 Å². The maximum absolute atomic E-state index is 13.1. The van der Waals surface area contributed by atoms with E-state index in [0.29, 0.717) is 86.0 Å². The van der Waals surface area contributed by atoms with Gasteiger partial charge in [0.2, 0.25) is 17.4 Å². The van der Waals surface area contributed by atoms with Gasteiger partial charge in [-0.05, 0) is 12.5 Å². The van der Waals surface area contributed by atoms with Crippen LogP contribution in [0.2, 0.25) is 0 Å². The van der Waals surface area contributed by atoms with Crippen LogP contribution in [-0.4, -0.2) is 83.6 Å². The normalized spacial score (nSPS) is 17.9. The Kier molecular flexibility index (Phi) is 6.06. The molecular weight excluding hydrogens is 482 g/mol. The average Bonchev–Trinajstić information content (AvgIpc) is 3.68. The van der Waals surface area contributed by atoms with Crippen molar-refractivity contribution in [1.29, 1.82) is 0 Å². The van der Waals surface area contributed by atoms with Crippen LogP contribution in [0.15, 0.2) is 39.5 Å². The quantitative estimate of drug-likeness (QED) is 0.392. The molecule has 1 amide bonds. The maximum atomic E-state index is 13.1. The molecule has 13 nitrogen and oxygen atoms in total. The Morgan fingerprint density at radius 1 is 1.16 bits per heavy atom. The van der Waals surface area contributed by atoms with E-state index in [9.17, 15) is 9.90 Å². The van der Waals surface area contributed by atoms with E-state index in [1.165, 1.54) is 13.4 Å². The van der Waals surface area contributed by atoms with Crippen molar-refractivity contribution in [2.45, 2.75) is 12.5 Å². The first-order chi connectivity index (χ1) is 18.1. The highest BCUT2D eigenvalue weighted by atomic mass is 16.5. The largest absolute Gasteiger partial charge is 0.481 e. The number of pyridine rings is 2. The predicted molar refractivity (Wildman–Crippen MR) is 132 cm³/mol. The molecule has 6 heterocycles. The molecule has 0 spiro atoms. The lowest BCUT2D eigenvalue weighted by Crippen LogP contribution is -2.36. The Balaban J connectivity index is 1.29. The lowest BCUT2D eigenvalue weighted by atomic mass is 10.3. The number of carbonyl (C=O) groups is 1. The average molecular weight is 508 g/mol. The Morgan fingerprint density at radius 3 is 2.76 bits per heavy atom. The van der Waals surface area contributed by atoms with Crippen molar-refractivity contribution >= 4 is 34.7 Å². The molecule has 2 N–H and O–H groups in total. The zero-order valence-electron chi connectivity index (χ0n) is 20.1. The number of aliphatic hydroxyl groups excluding tert-OH is 1. The molecule has 0 saturated carbocycles. The lowest BCUT2D eigenvalue weighted by Gasteiger charge is -2.24. The summed E-state index contributed by atoms with van der Waals surface area (Å²) in [5.41, 5.74) is 1.97. The number of methoxy groups -OCH3 is 1. The second kappa shape index (κ2) is 9.67. The number of β-amino-alcohol motifs (C(OH)–C–C–N with tert-alkyl or cyclic N) is 1. The first-order valence-corrected chi connectivity index (χ1v) is 11.9. The minimum absolute atomic E-state index is 0.0879. The number of hydrogen-bond acceptors (Lipinski definition) is 12. The summed E-state index contributed by atoms with van der Waals surface area (Å²) in [5.74, 6) is 0.732. The van der Waals surface area contributed by atoms with Gasteiger partial charge in [-0.25, -0.2) is 15.0 Å². The predicted octanol–water partition coefficient (Wildman–Crippen LogP) is 1.94. The van der Waals surface area contributed by atoms with Gasteiger partial charge in [-0.1, -0.05) is 0 Å². The Labute approximate surface area is 211 Å². The molecule has 2 saturated heterocycles. The number of oxazole rings is 2. The highest BCUT2D eigenvalue weighted by Gasteiger charge is 2.27. The molecule has 0 aromatic carbocycles. The van der Waals surface area contributed by atoms with Gasteiger partial charge >= 0.3 is 0 Å². The van der Waals surface area contributed by atoms with E-state index >= 15 is 0 Å². The van der Waals surface area contributed by atoms with Crippen LogP contribution in [0.5, 0.6) is 5.88 Å². The topological polar surface area (TPSA) is 152 Å². The number of hydrogen-bond donors (Lipinski definition) is 2. The SMILES string of the molecule is COc1ccc(-c2nc(C(=O)Nc3cc4oc(N5CCOCC5)nc4nc3N3CC[C@@H](O)C3)co2)cn1. The molecule has 13 heteroatoms. The standard InChI is InChI=1S/C24H25N7O6/c1-34-19-3-2-14(11-25-19)23-27-17(13-36-23)22(33)26-16-10-18-20(28-21(16)31-5-4-15(32)12-31)29-24(37-18)30-6-8-35-9-7-30/h2-3,10-11,13,15,32H,4-9,12H2,1H3,(H,26,33)/t15-/m1/s1. The van der Waals surface area contributed by atoms with E-state index in [1.54, 1.807) is 24.4 Å². The van der Waals surface area contributed by atoms with Crippen molar-refractivity contribution in [3.8, 4) is 17.3 Å². The van der Waals surface area contributed by atoms with Crippen molar-refractivity contribution in [2.75, 3.05) is 61.6 Å². The molecule has 4 aromatic rings. The van der Waals surface area contributed by atoms with Gasteiger partial charge in [0.15, 0.2) is 17.1 Å². The third-order valence-corrected chi connectivity index (χ3v) is 6.27. The molecule has 0 radical (unpaired) electrons. The van der Waals surface area contributed by atoms with Gasteiger partial charge in [-0.15, -0.1) is 0 Å². The zero-order valence-corrected chi connectivity index (χ0v) is 20.1. The number of amides is 1. The van der Waals surface area contributed by atoms with Crippen LogP contribution in [0.25, 0.3) is 22.7 Å². The fourth-order valence-corrected chi connectivity index (χ4v) is 4.32. The van der Waals surface area contributed by atoms with Gasteiger partial charge in [0.1, 0.15) is 6.26 Å². The van der Waals surface area contributed by atoms with Crippen molar-refractivity contribution in [1.82, 2.24) is 19.9 Å². The van der Waals surface area contributed by atoms with Crippen LogP contribution in [0, 0.1) is 0 Å². The van der Waals surface area contributed by atoms with Gasteiger partial charge in [-0.3, -0.25) is 4.79 Å². The highest BCUT2D eigenvalue weighted by Crippen LogP contribution is 2.33. The molecule has 1 atom stereocenters. The molecule has 0 aliphatic carbocycles. The third kappa shape index (κ3) is 4.66. The first kappa shape index (κ1) is 23.2. The smallest absolute Gasteiger partial charge is 0.300 e. The van der Waals surface area contributed by atoms with Crippen LogP contribution in [0.3, 0.4) is 0 Å². The van der Waals surface area contributed by atoms with Gasteiger partial charge in [0, 0.05) is 44.5 Å². The summed E-state index contributed by atoms with van der Waals surface area (Å²) in [6, 6.07) is 5.57. The van der Waals surface area contributed by atoms with E-state index in [0.717, 1.165) is 0 Å². The number of morpholine rings is 1. The van der Waals surface area contributed by atoms with E-state index in [4.69, 9.17) is 23.3 Å². The van der Waals surface area contributed by atoms with Crippen LogP contribution < -0.4 is 19.9 Å². The highest BCUT2D eigenvalue weighted by molar-refractivity contribution is 6.05. The molecule has 0 bridgehead atoms. The number of aliphatic hydroxyl groups is 1. The number of ether oxygens (including phenoxy) is 2. The van der Waals surface area contributed by atoms with Crippen molar-refractivity contribution in [2.24, 2.45) is 0 Å². The van der Waals surface area contributed by atoms with E-state index in [2.05, 4.69) is 20.3 Å². The molecule has 37 heavy (non-hydrogen) atoms. The van der Waals surface area contributed by atoms with Gasteiger partial charge < -0.3 is 38.5 Å². The summed E-state index contributed by atoms with van der Waals surface area (Å²) in [7, 11) is 1.53. The Morgan fingerprint density at radius 2 is 2.03 bits per heavy atom. The number of fused-ring (bicyclic) bond motifs is 1. The van der Waals surface area contributed by atoms with Crippen LogP contribution in [0.1, 0.15) is 16.9 Å². The summed E-state index contributed by atoms with van der Waals surface area (Å²) in [4.78, 5) is 34.8. The summed E-state index contributed by atoms with van der Waals surface area (Å²) in [6.07, 6.45) is 2.97. The van der Waals surface area contributed by atoms with Crippen LogP contribution >= 0.6 is 0 Å². The van der Waals surface area contributed by atoms with E-state index < -0.39 is 12.0 Å². The molecule has 192 valence electrons. The third-order valence-electron chi connectivity index (χ3n) is 6.27. The molecule has 2 aliphatic heterocycles. The molecule has 0 unspecified atom stereocenters. The van der Waals surface area contributed by atoms with Crippen LogP contribution in [0.4, 0.5) is 17.5 Å². The minimum atomic E-state index is -0.480. The van der Waals surface area contributed by atoms with Crippen molar-refractivity contribution in [3.63, 3.8) is 0 Å². The molecule has 4 aromatic heterocycles. The van der Waals surface area contributed by atoms with E-state index in [-0.39, 0.29) is 11.6 Å². The molecule has 2 fully saturated rings. The van der Waals surface area contributed by atoms with E-state index in [1.807, 2.05) is 9.80 Å². The van der Waals surface area contributed by atoms with Gasteiger partial charge in [-0.2, -0.15) is 4.98 Å². The maximum Gasteiger partial charge on any atom is 0.300 e. The fourth-order valence-electron chi connectivity index (χ4n) is 4.32. The molecule has 6 rings (SSSR count). The number of rotatable bonds is 6. The van der Waals surface area contributed by atoms with Crippen molar-refractivity contribution in [3.05, 3.63) is 36.4 Å². The monoisotopic (exact) mass is 507 g/mol. The summed E-state index contributed by atoms with van der Waals surface area (Å²) < 4.78 is 22.0. The number of carbonyl (C=O) groups excluding carboxylic acids is 1. The van der Waals surface area contributed by atoms with Crippen LogP contribution in [-0.2, 0) is 4.74 Å². The fraction of sp³-hybridized carbons (Fsp3) is 0.375. The Bertz CT molecular complexity index is 1410. The second-order valence-electron chi connectivity index (χ2n) is 8.75. The Hall–Kier alpha value is -4.23. The van der Waals surface area contributed by atoms with Gasteiger partial charge in [0.05, 0.1) is 37.7 Å². The molecular formula is C24H25N7O6. The number of aromatic nitrogens is 4. The summed E-state index contributed by atoms with van der Waals surface area (Å²) in [6.45, 7) is 3.51. The lowest BCUT2D eigenvalue weighted by molar-refractivity contribution is 0.102. The van der Waals surface area contributed by atoms with Crippen molar-refractivity contribution < 1.29 is 28.2 Å². The zero-order chi connectivity index (χ0) is 25.4. The second-order valence-corrected chi connectivity index (χ2v) is 8.75. The first-order valence-electron chi connectivity index (χ1n) is 11.9. The summed E-state index contributed by atoms with van der Waals surface area (Å²) in [5, 5.41) is 13.0. The minimum Gasteiger partial charge on any atom is -0.481 e. The molecule has 2 aliphatic rings. The summed E-state index contributed by atoms with van der Waals surface area (Å²) >= 11 is 0. The number of anilines is 3. The number of nitrogens with one attached hydrogen (secondary N) is 1.